The molecule has 1 heterocycles. The average Bonchev–Trinajstić information content (AvgIpc) is 3.06. The van der Waals surface area contributed by atoms with Gasteiger partial charge in [0.05, 0.1) is 13.7 Å². The van der Waals surface area contributed by atoms with Crippen LogP contribution in [0.5, 0.6) is 5.75 Å². The van der Waals surface area contributed by atoms with Crippen LogP contribution < -0.4 is 15.4 Å². The van der Waals surface area contributed by atoms with Crippen molar-refractivity contribution in [1.82, 2.24) is 10.6 Å². The van der Waals surface area contributed by atoms with Crippen molar-refractivity contribution in [2.45, 2.75) is 19.9 Å². The van der Waals surface area contributed by atoms with Crippen molar-refractivity contribution in [3.8, 4) is 5.75 Å². The fourth-order valence-corrected chi connectivity index (χ4v) is 2.71. The van der Waals surface area contributed by atoms with E-state index in [2.05, 4.69) is 51.5 Å². The minimum Gasteiger partial charge on any atom is -0.497 e. The van der Waals surface area contributed by atoms with Crippen molar-refractivity contribution in [2.24, 2.45) is 4.99 Å². The van der Waals surface area contributed by atoms with Gasteiger partial charge in [-0.3, -0.25) is 0 Å². The molecular weight excluding hydrogens is 294 g/mol. The molecule has 5 heteroatoms. The van der Waals surface area contributed by atoms with Gasteiger partial charge in [-0.15, -0.1) is 0 Å². The Morgan fingerprint density at radius 2 is 2.14 bits per heavy atom. The van der Waals surface area contributed by atoms with Crippen LogP contribution in [0, 0.1) is 0 Å². The zero-order valence-electron chi connectivity index (χ0n) is 13.1. The summed E-state index contributed by atoms with van der Waals surface area (Å²) in [5, 5.41) is 10.8. The van der Waals surface area contributed by atoms with E-state index in [1.165, 1.54) is 11.1 Å². The lowest BCUT2D eigenvalue weighted by Crippen LogP contribution is -2.38. The van der Waals surface area contributed by atoms with Crippen molar-refractivity contribution in [3.63, 3.8) is 0 Å². The van der Waals surface area contributed by atoms with Crippen molar-refractivity contribution in [2.75, 3.05) is 20.2 Å². The number of aliphatic imine (C=N–C) groups is 1. The van der Waals surface area contributed by atoms with Gasteiger partial charge in [0.1, 0.15) is 5.75 Å². The maximum absolute atomic E-state index is 5.25. The van der Waals surface area contributed by atoms with E-state index in [0.717, 1.165) is 31.2 Å². The highest BCUT2D eigenvalue weighted by atomic mass is 32.1. The molecule has 4 nitrogen and oxygen atoms in total. The molecule has 2 N–H and O–H groups in total. The summed E-state index contributed by atoms with van der Waals surface area (Å²) in [4.78, 5) is 4.60. The number of benzene rings is 1. The Morgan fingerprint density at radius 3 is 2.86 bits per heavy atom. The monoisotopic (exact) mass is 317 g/mol. The molecule has 0 saturated heterocycles. The van der Waals surface area contributed by atoms with Crippen LogP contribution >= 0.6 is 11.3 Å². The minimum absolute atomic E-state index is 0.706. The van der Waals surface area contributed by atoms with Gasteiger partial charge in [-0.1, -0.05) is 12.1 Å². The van der Waals surface area contributed by atoms with Crippen LogP contribution in [0.25, 0.3) is 0 Å². The molecule has 0 atom stereocenters. The van der Waals surface area contributed by atoms with Crippen LogP contribution in [0.1, 0.15) is 18.1 Å². The van der Waals surface area contributed by atoms with Gasteiger partial charge >= 0.3 is 0 Å². The van der Waals surface area contributed by atoms with Crippen LogP contribution in [0.3, 0.4) is 0 Å². The highest BCUT2D eigenvalue weighted by Gasteiger charge is 2.00. The Kier molecular flexibility index (Phi) is 6.77. The van der Waals surface area contributed by atoms with Crippen LogP contribution in [0.15, 0.2) is 46.1 Å². The Labute approximate surface area is 136 Å². The third-order valence-electron chi connectivity index (χ3n) is 3.18. The summed E-state index contributed by atoms with van der Waals surface area (Å²) in [7, 11) is 1.69. The molecule has 0 aliphatic carbocycles. The van der Waals surface area contributed by atoms with Crippen molar-refractivity contribution < 1.29 is 4.74 Å². The third kappa shape index (κ3) is 5.41. The molecule has 0 aliphatic rings. The second-order valence-electron chi connectivity index (χ2n) is 4.86. The molecule has 22 heavy (non-hydrogen) atoms. The number of ether oxygens (including phenoxy) is 1. The Hall–Kier alpha value is -2.01. The Balaban J connectivity index is 1.84. The number of nitrogens with zero attached hydrogens (tertiary/aromatic N) is 1. The van der Waals surface area contributed by atoms with E-state index >= 15 is 0 Å². The van der Waals surface area contributed by atoms with Gasteiger partial charge < -0.3 is 15.4 Å². The van der Waals surface area contributed by atoms with Crippen molar-refractivity contribution in [3.05, 3.63) is 52.2 Å². The second kappa shape index (κ2) is 9.10. The van der Waals surface area contributed by atoms with E-state index < -0.39 is 0 Å². The molecule has 0 fully saturated rings. The lowest BCUT2D eigenvalue weighted by Gasteiger charge is -2.11. The lowest BCUT2D eigenvalue weighted by atomic mass is 10.1. The molecule has 118 valence electrons. The zero-order valence-corrected chi connectivity index (χ0v) is 14.0. The topological polar surface area (TPSA) is 45.7 Å². The molecule has 0 amide bonds. The number of nitrogens with one attached hydrogen (secondary N) is 2. The zero-order chi connectivity index (χ0) is 15.6. The summed E-state index contributed by atoms with van der Waals surface area (Å²) < 4.78 is 5.25. The van der Waals surface area contributed by atoms with Gasteiger partial charge in [0.2, 0.25) is 0 Å². The van der Waals surface area contributed by atoms with Gasteiger partial charge in [-0.25, -0.2) is 4.99 Å². The first-order valence-corrected chi connectivity index (χ1v) is 8.42. The summed E-state index contributed by atoms with van der Waals surface area (Å²) >= 11 is 1.70. The van der Waals surface area contributed by atoms with Crippen LogP contribution in [-0.2, 0) is 13.0 Å². The minimum atomic E-state index is 0.706. The van der Waals surface area contributed by atoms with Gasteiger partial charge in [0, 0.05) is 13.1 Å². The van der Waals surface area contributed by atoms with E-state index in [4.69, 9.17) is 4.74 Å². The molecule has 0 aliphatic heterocycles. The van der Waals surface area contributed by atoms with Crippen molar-refractivity contribution in [1.29, 1.82) is 0 Å². The summed E-state index contributed by atoms with van der Waals surface area (Å²) in [5.41, 5.74) is 2.50. The van der Waals surface area contributed by atoms with Crippen molar-refractivity contribution >= 4 is 17.3 Å². The molecule has 1 aromatic heterocycles. The van der Waals surface area contributed by atoms with E-state index in [0.29, 0.717) is 6.54 Å². The predicted octanol–water partition coefficient (Wildman–Crippen LogP) is 3.05. The second-order valence-corrected chi connectivity index (χ2v) is 5.64. The normalized spacial score (nSPS) is 11.3. The molecule has 2 aromatic rings. The number of methoxy groups -OCH3 is 1. The number of hydrogen-bond donors (Lipinski definition) is 2. The first-order valence-electron chi connectivity index (χ1n) is 7.48. The summed E-state index contributed by atoms with van der Waals surface area (Å²) in [6.07, 6.45) is 0.931. The van der Waals surface area contributed by atoms with E-state index in [9.17, 15) is 0 Å². The molecule has 0 radical (unpaired) electrons. The van der Waals surface area contributed by atoms with E-state index in [-0.39, 0.29) is 0 Å². The molecule has 0 bridgehead atoms. The quantitative estimate of drug-likeness (QED) is 0.609. The predicted molar refractivity (Wildman–Crippen MR) is 93.8 cm³/mol. The number of rotatable bonds is 7. The number of thiophene rings is 1. The van der Waals surface area contributed by atoms with Crippen LogP contribution in [0.2, 0.25) is 0 Å². The molecule has 0 unspecified atom stereocenters. The maximum Gasteiger partial charge on any atom is 0.191 e. The van der Waals surface area contributed by atoms with Gasteiger partial charge in [0.25, 0.3) is 0 Å². The van der Waals surface area contributed by atoms with E-state index in [1.807, 2.05) is 12.1 Å². The Bertz CT molecular complexity index is 581. The fraction of sp³-hybridized carbons (Fsp3) is 0.353. The summed E-state index contributed by atoms with van der Waals surface area (Å²) in [6, 6.07) is 10.3. The van der Waals surface area contributed by atoms with E-state index in [1.54, 1.807) is 18.4 Å². The first-order chi connectivity index (χ1) is 10.8. The molecule has 0 spiro atoms. The lowest BCUT2D eigenvalue weighted by molar-refractivity contribution is 0.414. The maximum atomic E-state index is 5.25. The third-order valence-corrected chi connectivity index (χ3v) is 3.92. The molecular formula is C17H23N3OS. The largest absolute Gasteiger partial charge is 0.497 e. The highest BCUT2D eigenvalue weighted by molar-refractivity contribution is 7.07. The van der Waals surface area contributed by atoms with Gasteiger partial charge in [-0.05, 0) is 53.4 Å². The summed E-state index contributed by atoms with van der Waals surface area (Å²) in [5.74, 6) is 1.76. The SMILES string of the molecule is CCNC(=NCc1ccsc1)NCCc1cccc(OC)c1. The number of hydrogen-bond acceptors (Lipinski definition) is 3. The van der Waals surface area contributed by atoms with Crippen LogP contribution in [0.4, 0.5) is 0 Å². The first kappa shape index (κ1) is 16.4. The molecule has 2 rings (SSSR count). The smallest absolute Gasteiger partial charge is 0.191 e. The summed E-state index contributed by atoms with van der Waals surface area (Å²) in [6.45, 7) is 4.47. The fourth-order valence-electron chi connectivity index (χ4n) is 2.05. The van der Waals surface area contributed by atoms with Gasteiger partial charge in [-0.2, -0.15) is 11.3 Å². The standard InChI is InChI=1S/C17H23N3OS/c1-3-18-17(20-12-15-8-10-22-13-15)19-9-7-14-5-4-6-16(11-14)21-2/h4-6,8,10-11,13H,3,7,9,12H2,1-2H3,(H2,18,19,20). The number of guanidine groups is 1. The molecule has 1 aromatic carbocycles. The highest BCUT2D eigenvalue weighted by Crippen LogP contribution is 2.12. The average molecular weight is 317 g/mol. The Morgan fingerprint density at radius 1 is 1.23 bits per heavy atom. The van der Waals surface area contributed by atoms with Gasteiger partial charge in [0.15, 0.2) is 5.96 Å². The van der Waals surface area contributed by atoms with Crippen LogP contribution in [-0.4, -0.2) is 26.2 Å². The molecule has 0 saturated carbocycles.